The number of rotatable bonds is 6. The largest absolute Gasteiger partial charge is 0.462 e. The van der Waals surface area contributed by atoms with Crippen LogP contribution >= 0.6 is 22.7 Å². The molecule has 0 spiro atoms. The lowest BCUT2D eigenvalue weighted by Crippen LogP contribution is -2.19. The Morgan fingerprint density at radius 2 is 1.91 bits per heavy atom. The Morgan fingerprint density at radius 1 is 1.16 bits per heavy atom. The lowest BCUT2D eigenvalue weighted by atomic mass is 10.1. The molecule has 0 saturated heterocycles. The molecule has 7 nitrogen and oxygen atoms in total. The number of ether oxygens (including phenoxy) is 1. The van der Waals surface area contributed by atoms with Gasteiger partial charge in [0.05, 0.1) is 28.8 Å². The fourth-order valence-electron chi connectivity index (χ4n) is 3.35. The number of benzene rings is 1. The average molecular weight is 468 g/mol. The quantitative estimate of drug-likeness (QED) is 0.406. The predicted molar refractivity (Wildman–Crippen MR) is 128 cm³/mol. The van der Waals surface area contributed by atoms with Gasteiger partial charge in [0.15, 0.2) is 0 Å². The molecule has 164 valence electrons. The maximum atomic E-state index is 13.2. The van der Waals surface area contributed by atoms with E-state index in [1.807, 2.05) is 37.3 Å². The van der Waals surface area contributed by atoms with Gasteiger partial charge in [-0.25, -0.2) is 9.78 Å². The van der Waals surface area contributed by atoms with Gasteiger partial charge in [-0.3, -0.25) is 14.2 Å². The second-order valence-electron chi connectivity index (χ2n) is 6.97. The standard InChI is InChI=1S/C23H21N3O4S2/c1-4-26-12-24-21-17(22(26)28)13(3)18(32-21)19(27)25-20-15(23(29)30-5-2)11-16(31-20)14-9-7-6-8-10-14/h6-12H,4-5H2,1-3H3,(H,25,27). The van der Waals surface area contributed by atoms with Gasteiger partial charge < -0.3 is 10.1 Å². The first-order valence-corrected chi connectivity index (χ1v) is 11.7. The van der Waals surface area contributed by atoms with E-state index in [4.69, 9.17) is 4.74 Å². The van der Waals surface area contributed by atoms with E-state index in [-0.39, 0.29) is 18.1 Å². The van der Waals surface area contributed by atoms with Crippen molar-refractivity contribution in [3.8, 4) is 10.4 Å². The molecule has 3 heterocycles. The molecule has 9 heteroatoms. The highest BCUT2D eigenvalue weighted by molar-refractivity contribution is 7.21. The van der Waals surface area contributed by atoms with E-state index in [0.717, 1.165) is 21.8 Å². The number of esters is 1. The second-order valence-corrected chi connectivity index (χ2v) is 9.02. The normalized spacial score (nSPS) is 11.0. The van der Waals surface area contributed by atoms with E-state index in [9.17, 15) is 14.4 Å². The SMILES string of the molecule is CCOC(=O)c1cc(-c2ccccc2)sc1NC(=O)c1sc2ncn(CC)c(=O)c2c1C. The van der Waals surface area contributed by atoms with Crippen LogP contribution in [0.25, 0.3) is 20.7 Å². The van der Waals surface area contributed by atoms with E-state index in [1.54, 1.807) is 19.9 Å². The molecule has 0 bridgehead atoms. The highest BCUT2D eigenvalue weighted by Crippen LogP contribution is 2.37. The van der Waals surface area contributed by atoms with Crippen LogP contribution in [0, 0.1) is 6.92 Å². The van der Waals surface area contributed by atoms with Crippen LogP contribution in [0.5, 0.6) is 0 Å². The number of hydrogen-bond acceptors (Lipinski definition) is 7. The summed E-state index contributed by atoms with van der Waals surface area (Å²) in [4.78, 5) is 44.5. The Balaban J connectivity index is 1.73. The van der Waals surface area contributed by atoms with Gasteiger partial charge in [0.2, 0.25) is 0 Å². The highest BCUT2D eigenvalue weighted by atomic mass is 32.1. The van der Waals surface area contributed by atoms with Crippen molar-refractivity contribution in [2.45, 2.75) is 27.3 Å². The number of thiophene rings is 2. The summed E-state index contributed by atoms with van der Waals surface area (Å²) in [7, 11) is 0. The molecule has 0 fully saturated rings. The predicted octanol–water partition coefficient (Wildman–Crippen LogP) is 4.94. The average Bonchev–Trinajstić information content (AvgIpc) is 3.36. The topological polar surface area (TPSA) is 90.3 Å². The minimum absolute atomic E-state index is 0.167. The molecule has 0 unspecified atom stereocenters. The fourth-order valence-corrected chi connectivity index (χ4v) is 5.43. The Labute approximate surface area is 192 Å². The first-order chi connectivity index (χ1) is 15.4. The molecule has 1 aromatic carbocycles. The molecule has 0 radical (unpaired) electrons. The van der Waals surface area contributed by atoms with Gasteiger partial charge in [0.25, 0.3) is 11.5 Å². The van der Waals surface area contributed by atoms with Crippen molar-refractivity contribution >= 4 is 49.8 Å². The molecule has 1 amide bonds. The van der Waals surface area contributed by atoms with Gasteiger partial charge in [-0.1, -0.05) is 30.3 Å². The summed E-state index contributed by atoms with van der Waals surface area (Å²) in [6.45, 7) is 6.07. The monoisotopic (exact) mass is 467 g/mol. The van der Waals surface area contributed by atoms with Crippen molar-refractivity contribution in [3.05, 3.63) is 69.1 Å². The van der Waals surface area contributed by atoms with Crippen LogP contribution in [0.2, 0.25) is 0 Å². The van der Waals surface area contributed by atoms with Gasteiger partial charge in [0.1, 0.15) is 9.83 Å². The number of carbonyl (C=O) groups excluding carboxylic acids is 2. The first-order valence-electron chi connectivity index (χ1n) is 10.1. The van der Waals surface area contributed by atoms with Gasteiger partial charge >= 0.3 is 5.97 Å². The van der Waals surface area contributed by atoms with Gasteiger partial charge in [-0.05, 0) is 38.0 Å². The lowest BCUT2D eigenvalue weighted by Gasteiger charge is -2.05. The molecule has 0 atom stereocenters. The van der Waals surface area contributed by atoms with Crippen molar-refractivity contribution in [2.24, 2.45) is 0 Å². The maximum absolute atomic E-state index is 13.2. The van der Waals surface area contributed by atoms with E-state index in [0.29, 0.717) is 37.8 Å². The van der Waals surface area contributed by atoms with Crippen molar-refractivity contribution in [2.75, 3.05) is 11.9 Å². The maximum Gasteiger partial charge on any atom is 0.341 e. The van der Waals surface area contributed by atoms with E-state index >= 15 is 0 Å². The number of aryl methyl sites for hydroxylation is 2. The molecule has 1 N–H and O–H groups in total. The molecular weight excluding hydrogens is 446 g/mol. The minimum Gasteiger partial charge on any atom is -0.462 e. The number of nitrogens with one attached hydrogen (secondary N) is 1. The van der Waals surface area contributed by atoms with Crippen molar-refractivity contribution in [1.29, 1.82) is 0 Å². The molecule has 32 heavy (non-hydrogen) atoms. The van der Waals surface area contributed by atoms with Gasteiger partial charge in [-0.15, -0.1) is 22.7 Å². The van der Waals surface area contributed by atoms with Gasteiger partial charge in [0, 0.05) is 11.4 Å². The molecule has 3 aromatic heterocycles. The van der Waals surface area contributed by atoms with E-state index < -0.39 is 5.97 Å². The smallest absolute Gasteiger partial charge is 0.341 e. The van der Waals surface area contributed by atoms with E-state index in [1.165, 1.54) is 22.2 Å². The van der Waals surface area contributed by atoms with Crippen LogP contribution in [0.4, 0.5) is 5.00 Å². The summed E-state index contributed by atoms with van der Waals surface area (Å²) >= 11 is 2.47. The van der Waals surface area contributed by atoms with Crippen LogP contribution in [0.3, 0.4) is 0 Å². The molecular formula is C23H21N3O4S2. The molecule has 4 aromatic rings. The Morgan fingerprint density at radius 3 is 2.59 bits per heavy atom. The number of nitrogens with zero attached hydrogens (tertiary/aromatic N) is 2. The molecule has 0 aliphatic heterocycles. The minimum atomic E-state index is -0.498. The zero-order valence-corrected chi connectivity index (χ0v) is 19.4. The number of hydrogen-bond donors (Lipinski definition) is 1. The van der Waals surface area contributed by atoms with Crippen LogP contribution < -0.4 is 10.9 Å². The molecule has 4 rings (SSSR count). The second kappa shape index (κ2) is 9.05. The highest BCUT2D eigenvalue weighted by Gasteiger charge is 2.24. The van der Waals surface area contributed by atoms with Gasteiger partial charge in [-0.2, -0.15) is 0 Å². The van der Waals surface area contributed by atoms with Crippen molar-refractivity contribution in [1.82, 2.24) is 9.55 Å². The number of anilines is 1. The third kappa shape index (κ3) is 3.96. The number of carbonyl (C=O) groups is 2. The molecule has 0 aliphatic carbocycles. The fraction of sp³-hybridized carbons (Fsp3) is 0.217. The van der Waals surface area contributed by atoms with Crippen LogP contribution in [-0.2, 0) is 11.3 Å². The summed E-state index contributed by atoms with van der Waals surface area (Å²) < 4.78 is 6.69. The van der Waals surface area contributed by atoms with Crippen molar-refractivity contribution < 1.29 is 14.3 Å². The van der Waals surface area contributed by atoms with E-state index in [2.05, 4.69) is 10.3 Å². The Hall–Kier alpha value is -3.30. The summed E-state index contributed by atoms with van der Waals surface area (Å²) in [6, 6.07) is 11.3. The third-order valence-corrected chi connectivity index (χ3v) is 7.28. The van der Waals surface area contributed by atoms with Crippen LogP contribution in [-0.4, -0.2) is 28.0 Å². The third-order valence-electron chi connectivity index (χ3n) is 4.98. The van der Waals surface area contributed by atoms with Crippen molar-refractivity contribution in [3.63, 3.8) is 0 Å². The Bertz CT molecular complexity index is 1370. The zero-order chi connectivity index (χ0) is 22.8. The van der Waals surface area contributed by atoms with Crippen LogP contribution in [0.15, 0.2) is 47.5 Å². The summed E-state index contributed by atoms with van der Waals surface area (Å²) in [5.41, 5.74) is 1.65. The molecule has 0 aliphatic rings. The first kappa shape index (κ1) is 21.9. The summed E-state index contributed by atoms with van der Waals surface area (Å²) in [5.74, 6) is -0.887. The summed E-state index contributed by atoms with van der Waals surface area (Å²) in [6.07, 6.45) is 1.49. The lowest BCUT2D eigenvalue weighted by molar-refractivity contribution is 0.0528. The Kier molecular flexibility index (Phi) is 6.20. The zero-order valence-electron chi connectivity index (χ0n) is 17.8. The summed E-state index contributed by atoms with van der Waals surface area (Å²) in [5, 5.41) is 3.71. The van der Waals surface area contributed by atoms with Crippen LogP contribution in [0.1, 0.15) is 39.4 Å². The molecule has 0 saturated carbocycles. The number of aromatic nitrogens is 2. The number of fused-ring (bicyclic) bond motifs is 1. The number of amides is 1.